The summed E-state index contributed by atoms with van der Waals surface area (Å²) in [6.07, 6.45) is 4.90. The molecular weight excluding hydrogens is 456 g/mol. The van der Waals surface area contributed by atoms with Crippen molar-refractivity contribution >= 4 is 28.7 Å². The molecule has 0 saturated carbocycles. The summed E-state index contributed by atoms with van der Waals surface area (Å²) >= 11 is 5.94. The fraction of sp³-hybridized carbons (Fsp3) is 0.440. The second-order valence-corrected chi connectivity index (χ2v) is 10.5. The SMILES string of the molecule is CC(C)(C)OC(=O)N1C2CCC1CC(n1ccc(=O)c3cc(-c4ccc(Cl)cc4O)nnc31)C2. The first kappa shape index (κ1) is 22.7. The maximum atomic E-state index is 12.8. The van der Waals surface area contributed by atoms with E-state index >= 15 is 0 Å². The molecule has 8 nitrogen and oxygen atoms in total. The predicted octanol–water partition coefficient (Wildman–Crippen LogP) is 4.92. The number of fused-ring (bicyclic) bond motifs is 3. The fourth-order valence-electron chi connectivity index (χ4n) is 5.20. The number of pyridine rings is 1. The van der Waals surface area contributed by atoms with Gasteiger partial charge in [-0.15, -0.1) is 10.2 Å². The van der Waals surface area contributed by atoms with Crippen LogP contribution in [0.3, 0.4) is 0 Å². The van der Waals surface area contributed by atoms with Crippen molar-refractivity contribution in [3.63, 3.8) is 0 Å². The van der Waals surface area contributed by atoms with Crippen molar-refractivity contribution in [2.45, 2.75) is 70.2 Å². The second-order valence-electron chi connectivity index (χ2n) is 10.1. The number of halogens is 1. The number of ether oxygens (including phenoxy) is 1. The van der Waals surface area contributed by atoms with Gasteiger partial charge in [-0.05, 0) is 70.7 Å². The average molecular weight is 483 g/mol. The molecule has 2 atom stereocenters. The van der Waals surface area contributed by atoms with Crippen LogP contribution in [0.2, 0.25) is 5.02 Å². The van der Waals surface area contributed by atoms with Crippen molar-refractivity contribution in [3.05, 3.63) is 51.8 Å². The second kappa shape index (κ2) is 8.27. The van der Waals surface area contributed by atoms with E-state index in [1.165, 1.54) is 12.1 Å². The first-order chi connectivity index (χ1) is 16.1. The van der Waals surface area contributed by atoms with Crippen molar-refractivity contribution in [2.75, 3.05) is 0 Å². The largest absolute Gasteiger partial charge is 0.507 e. The highest BCUT2D eigenvalue weighted by Gasteiger charge is 2.45. The summed E-state index contributed by atoms with van der Waals surface area (Å²) in [4.78, 5) is 27.4. The Morgan fingerprint density at radius 2 is 1.79 bits per heavy atom. The number of nitrogens with zero attached hydrogens (tertiary/aromatic N) is 4. The standard InChI is InChI=1S/C25H27ClN4O4/c1-25(2,3)34-24(33)30-15-5-6-16(30)12-17(11-15)29-9-8-21(31)19-13-20(27-28-23(19)29)18-7-4-14(26)10-22(18)32/h4,7-10,13,15-17,32H,5-6,11-12H2,1-3H3. The lowest BCUT2D eigenvalue weighted by molar-refractivity contribution is 0.00311. The van der Waals surface area contributed by atoms with Crippen molar-refractivity contribution in [3.8, 4) is 17.0 Å². The predicted molar refractivity (Wildman–Crippen MR) is 129 cm³/mol. The molecule has 5 rings (SSSR count). The number of carbonyl (C=O) groups is 1. The third-order valence-corrected chi connectivity index (χ3v) is 6.85. The average Bonchev–Trinajstić information content (AvgIpc) is 3.03. The molecule has 1 amide bonds. The van der Waals surface area contributed by atoms with Crippen LogP contribution in [0, 0.1) is 0 Å². The Morgan fingerprint density at radius 3 is 2.44 bits per heavy atom. The number of carbonyl (C=O) groups excluding carboxylic acids is 1. The number of rotatable bonds is 2. The van der Waals surface area contributed by atoms with E-state index in [0.717, 1.165) is 25.7 Å². The highest BCUT2D eigenvalue weighted by Crippen LogP contribution is 2.42. The molecule has 2 aliphatic rings. The highest BCUT2D eigenvalue weighted by molar-refractivity contribution is 6.30. The van der Waals surface area contributed by atoms with Crippen LogP contribution in [-0.2, 0) is 4.74 Å². The third kappa shape index (κ3) is 4.11. The van der Waals surface area contributed by atoms with Crippen LogP contribution >= 0.6 is 11.6 Å². The quantitative estimate of drug-likeness (QED) is 0.556. The van der Waals surface area contributed by atoms with Crippen molar-refractivity contribution in [1.29, 1.82) is 0 Å². The zero-order valence-electron chi connectivity index (χ0n) is 19.4. The number of amides is 1. The number of phenolic OH excluding ortho intramolecular Hbond substituents is 1. The number of aromatic hydroxyl groups is 1. The van der Waals surface area contributed by atoms with Crippen LogP contribution in [0.15, 0.2) is 41.3 Å². The van der Waals surface area contributed by atoms with Gasteiger partial charge >= 0.3 is 6.09 Å². The van der Waals surface area contributed by atoms with Crippen LogP contribution in [0.1, 0.15) is 52.5 Å². The maximum absolute atomic E-state index is 12.8. The Balaban J connectivity index is 1.47. The van der Waals surface area contributed by atoms with E-state index < -0.39 is 5.60 Å². The van der Waals surface area contributed by atoms with E-state index in [1.54, 1.807) is 24.4 Å². The van der Waals surface area contributed by atoms with E-state index in [4.69, 9.17) is 16.3 Å². The van der Waals surface area contributed by atoms with Gasteiger partial charge in [-0.3, -0.25) is 4.79 Å². The summed E-state index contributed by atoms with van der Waals surface area (Å²) < 4.78 is 7.65. The Labute approximate surface area is 202 Å². The van der Waals surface area contributed by atoms with Gasteiger partial charge in [0.15, 0.2) is 11.1 Å². The first-order valence-corrected chi connectivity index (χ1v) is 11.9. The van der Waals surface area contributed by atoms with Gasteiger partial charge in [0.05, 0.1) is 11.1 Å². The molecule has 34 heavy (non-hydrogen) atoms. The van der Waals surface area contributed by atoms with E-state index in [2.05, 4.69) is 10.2 Å². The summed E-state index contributed by atoms with van der Waals surface area (Å²) in [7, 11) is 0. The molecule has 2 saturated heterocycles. The van der Waals surface area contributed by atoms with E-state index in [-0.39, 0.29) is 35.4 Å². The number of hydrogen-bond acceptors (Lipinski definition) is 6. The zero-order chi connectivity index (χ0) is 24.2. The Morgan fingerprint density at radius 1 is 1.09 bits per heavy atom. The maximum Gasteiger partial charge on any atom is 0.410 e. The lowest BCUT2D eigenvalue weighted by Crippen LogP contribution is -2.48. The minimum atomic E-state index is -0.534. The fourth-order valence-corrected chi connectivity index (χ4v) is 5.37. The van der Waals surface area contributed by atoms with E-state index in [1.807, 2.05) is 30.2 Å². The van der Waals surface area contributed by atoms with Gasteiger partial charge in [0.2, 0.25) is 0 Å². The number of benzene rings is 1. The molecule has 2 bridgehead atoms. The van der Waals surface area contributed by atoms with Crippen molar-refractivity contribution in [2.24, 2.45) is 0 Å². The van der Waals surface area contributed by atoms with Crippen LogP contribution in [0.25, 0.3) is 22.3 Å². The molecule has 9 heteroatoms. The molecule has 2 fully saturated rings. The summed E-state index contributed by atoms with van der Waals surface area (Å²) in [5.74, 6) is -0.0245. The smallest absolute Gasteiger partial charge is 0.410 e. The van der Waals surface area contributed by atoms with Gasteiger partial charge in [0.25, 0.3) is 0 Å². The Kier molecular flexibility index (Phi) is 5.51. The molecule has 178 valence electrons. The van der Waals surface area contributed by atoms with Crippen LogP contribution in [-0.4, -0.2) is 48.5 Å². The molecule has 0 aliphatic carbocycles. The van der Waals surface area contributed by atoms with Crippen molar-refractivity contribution < 1.29 is 14.6 Å². The van der Waals surface area contributed by atoms with Crippen LogP contribution in [0.5, 0.6) is 5.75 Å². The summed E-state index contributed by atoms with van der Waals surface area (Å²) in [5, 5.41) is 19.8. The van der Waals surface area contributed by atoms with Gasteiger partial charge in [-0.1, -0.05) is 11.6 Å². The minimum Gasteiger partial charge on any atom is -0.507 e. The van der Waals surface area contributed by atoms with E-state index in [9.17, 15) is 14.7 Å². The number of phenols is 1. The Bertz CT molecular complexity index is 1320. The first-order valence-electron chi connectivity index (χ1n) is 11.5. The number of piperidine rings is 1. The highest BCUT2D eigenvalue weighted by atomic mass is 35.5. The topological polar surface area (TPSA) is 97.5 Å². The van der Waals surface area contributed by atoms with Crippen LogP contribution < -0.4 is 5.43 Å². The van der Waals surface area contributed by atoms with Gasteiger partial charge < -0.3 is 19.3 Å². The third-order valence-electron chi connectivity index (χ3n) is 6.61. The van der Waals surface area contributed by atoms with Gasteiger partial charge in [0, 0.05) is 41.0 Å². The molecule has 2 aromatic heterocycles. The van der Waals surface area contributed by atoms with Gasteiger partial charge in [-0.25, -0.2) is 4.79 Å². The van der Waals surface area contributed by atoms with Gasteiger partial charge in [-0.2, -0.15) is 0 Å². The number of aromatic nitrogens is 3. The molecule has 1 aromatic carbocycles. The molecule has 4 heterocycles. The van der Waals surface area contributed by atoms with Gasteiger partial charge in [0.1, 0.15) is 11.4 Å². The normalized spacial score (nSPS) is 22.2. The lowest BCUT2D eigenvalue weighted by Gasteiger charge is -2.40. The van der Waals surface area contributed by atoms with Crippen LogP contribution in [0.4, 0.5) is 4.79 Å². The zero-order valence-corrected chi connectivity index (χ0v) is 20.1. The summed E-state index contributed by atoms with van der Waals surface area (Å²) in [6.45, 7) is 5.63. The molecule has 0 radical (unpaired) electrons. The lowest BCUT2D eigenvalue weighted by atomic mass is 9.97. The molecule has 0 spiro atoms. The molecule has 3 aromatic rings. The number of hydrogen-bond donors (Lipinski definition) is 1. The summed E-state index contributed by atoms with van der Waals surface area (Å²) in [6, 6.07) is 8.20. The molecule has 1 N–H and O–H groups in total. The summed E-state index contributed by atoms with van der Waals surface area (Å²) in [5.41, 5.74) is 0.659. The molecule has 2 unspecified atom stereocenters. The molecule has 2 aliphatic heterocycles. The monoisotopic (exact) mass is 482 g/mol. The minimum absolute atomic E-state index is 0.0245. The van der Waals surface area contributed by atoms with Crippen molar-refractivity contribution in [1.82, 2.24) is 19.7 Å². The Hall–Kier alpha value is -3.13. The van der Waals surface area contributed by atoms with E-state index in [0.29, 0.717) is 27.3 Å². The molecular formula is C25H27ClN4O4.